The second-order valence-corrected chi connectivity index (χ2v) is 4.06. The van der Waals surface area contributed by atoms with Crippen LogP contribution in [0.2, 0.25) is 0 Å². The van der Waals surface area contributed by atoms with Crippen LogP contribution in [0.15, 0.2) is 0 Å². The van der Waals surface area contributed by atoms with Gasteiger partial charge < -0.3 is 10.2 Å². The fraction of sp³-hybridized carbons (Fsp3) is 0.857. The molecule has 11 heavy (non-hydrogen) atoms. The van der Waals surface area contributed by atoms with Gasteiger partial charge in [-0.15, -0.1) is 0 Å². The molecule has 0 saturated carbocycles. The number of thioether (sulfide) groups is 1. The first-order chi connectivity index (χ1) is 5.20. The summed E-state index contributed by atoms with van der Waals surface area (Å²) in [6.07, 6.45) is 1.29. The van der Waals surface area contributed by atoms with Crippen molar-refractivity contribution in [3.63, 3.8) is 0 Å². The van der Waals surface area contributed by atoms with E-state index in [2.05, 4.69) is 0 Å². The van der Waals surface area contributed by atoms with Crippen molar-refractivity contribution < 1.29 is 15.0 Å². The van der Waals surface area contributed by atoms with Gasteiger partial charge in [-0.1, -0.05) is 0 Å². The highest BCUT2D eigenvalue weighted by atomic mass is 32.2. The van der Waals surface area contributed by atoms with Crippen molar-refractivity contribution in [2.24, 2.45) is 0 Å². The zero-order valence-electron chi connectivity index (χ0n) is 6.19. The zero-order chi connectivity index (χ0) is 8.27. The number of rotatable bonds is 3. The van der Waals surface area contributed by atoms with Crippen LogP contribution in [0, 0.1) is 0 Å². The summed E-state index contributed by atoms with van der Waals surface area (Å²) in [6.45, 7) is 0. The Morgan fingerprint density at radius 3 is 2.91 bits per heavy atom. The van der Waals surface area contributed by atoms with Crippen LogP contribution in [-0.4, -0.2) is 33.3 Å². The largest absolute Gasteiger partial charge is 0.481 e. The molecule has 4 heteroatoms. The van der Waals surface area contributed by atoms with Crippen LogP contribution in [0.3, 0.4) is 0 Å². The second-order valence-electron chi connectivity index (χ2n) is 2.72. The Labute approximate surface area is 69.8 Å². The molecule has 0 aromatic heterocycles. The Kier molecular flexibility index (Phi) is 3.20. The van der Waals surface area contributed by atoms with E-state index in [4.69, 9.17) is 5.11 Å². The molecular weight excluding hydrogens is 164 g/mol. The van der Waals surface area contributed by atoms with Crippen molar-refractivity contribution in [2.75, 3.05) is 5.75 Å². The highest BCUT2D eigenvalue weighted by Crippen LogP contribution is 2.29. The topological polar surface area (TPSA) is 57.5 Å². The van der Waals surface area contributed by atoms with Gasteiger partial charge >= 0.3 is 5.97 Å². The molecule has 1 fully saturated rings. The van der Waals surface area contributed by atoms with Gasteiger partial charge in [0.1, 0.15) is 0 Å². The molecular formula is C7H12O3S. The highest BCUT2D eigenvalue weighted by Gasteiger charge is 2.25. The summed E-state index contributed by atoms with van der Waals surface area (Å²) in [5, 5.41) is 17.9. The van der Waals surface area contributed by atoms with E-state index >= 15 is 0 Å². The third-order valence-electron chi connectivity index (χ3n) is 1.78. The summed E-state index contributed by atoms with van der Waals surface area (Å²) < 4.78 is 0. The van der Waals surface area contributed by atoms with E-state index in [1.165, 1.54) is 0 Å². The first kappa shape index (κ1) is 8.87. The number of carboxylic acids is 1. The maximum Gasteiger partial charge on any atom is 0.306 e. The molecule has 1 rings (SSSR count). The lowest BCUT2D eigenvalue weighted by atomic mass is 10.1. The number of hydrogen-bond donors (Lipinski definition) is 2. The maximum atomic E-state index is 10.2. The SMILES string of the molecule is O=C(O)C[C@@H](O)C1CCCS1. The monoisotopic (exact) mass is 176 g/mol. The first-order valence-electron chi connectivity index (χ1n) is 3.71. The lowest BCUT2D eigenvalue weighted by Gasteiger charge is -2.13. The predicted octanol–water partition coefficient (Wildman–Crippen LogP) is 0.718. The summed E-state index contributed by atoms with van der Waals surface area (Å²) in [5.41, 5.74) is 0. The molecule has 0 aromatic rings. The van der Waals surface area contributed by atoms with E-state index in [9.17, 15) is 9.90 Å². The Morgan fingerprint density at radius 1 is 1.73 bits per heavy atom. The molecule has 1 aliphatic rings. The summed E-state index contributed by atoms with van der Waals surface area (Å²) in [6, 6.07) is 0. The van der Waals surface area contributed by atoms with Crippen molar-refractivity contribution in [1.29, 1.82) is 0 Å². The Morgan fingerprint density at radius 2 is 2.45 bits per heavy atom. The van der Waals surface area contributed by atoms with Gasteiger partial charge in [-0.3, -0.25) is 4.79 Å². The van der Waals surface area contributed by atoms with E-state index in [0.29, 0.717) is 0 Å². The van der Waals surface area contributed by atoms with Gasteiger partial charge in [0, 0.05) is 5.25 Å². The van der Waals surface area contributed by atoms with E-state index in [0.717, 1.165) is 18.6 Å². The highest BCUT2D eigenvalue weighted by molar-refractivity contribution is 8.00. The minimum Gasteiger partial charge on any atom is -0.481 e. The lowest BCUT2D eigenvalue weighted by Crippen LogP contribution is -2.23. The minimum atomic E-state index is -0.912. The molecule has 2 atom stereocenters. The van der Waals surface area contributed by atoms with Crippen LogP contribution >= 0.6 is 11.8 Å². The van der Waals surface area contributed by atoms with Gasteiger partial charge in [0.2, 0.25) is 0 Å². The van der Waals surface area contributed by atoms with Crippen LogP contribution in [0.1, 0.15) is 19.3 Å². The van der Waals surface area contributed by atoms with Gasteiger partial charge in [0.25, 0.3) is 0 Å². The van der Waals surface area contributed by atoms with E-state index in [-0.39, 0.29) is 11.7 Å². The van der Waals surface area contributed by atoms with E-state index < -0.39 is 12.1 Å². The first-order valence-corrected chi connectivity index (χ1v) is 4.76. The van der Waals surface area contributed by atoms with Gasteiger partial charge in [0.15, 0.2) is 0 Å². The fourth-order valence-electron chi connectivity index (χ4n) is 1.22. The van der Waals surface area contributed by atoms with Crippen LogP contribution in [0.4, 0.5) is 0 Å². The van der Waals surface area contributed by atoms with Gasteiger partial charge in [-0.2, -0.15) is 11.8 Å². The third kappa shape index (κ3) is 2.71. The Balaban J connectivity index is 2.28. The Bertz CT molecular complexity index is 143. The van der Waals surface area contributed by atoms with Gasteiger partial charge in [-0.25, -0.2) is 0 Å². The standard InChI is InChI=1S/C7H12O3S/c8-5(4-7(9)10)6-2-1-3-11-6/h5-6,8H,1-4H2,(H,9,10)/t5-,6?/m1/s1. The quantitative estimate of drug-likeness (QED) is 0.665. The number of carboxylic acid groups (broad SMARTS) is 1. The molecule has 64 valence electrons. The molecule has 0 aromatic carbocycles. The van der Waals surface area contributed by atoms with Crippen LogP contribution in [0.25, 0.3) is 0 Å². The van der Waals surface area contributed by atoms with Crippen LogP contribution in [0.5, 0.6) is 0 Å². The van der Waals surface area contributed by atoms with Gasteiger partial charge in [0.05, 0.1) is 12.5 Å². The Hall–Kier alpha value is -0.220. The number of aliphatic hydroxyl groups excluding tert-OH is 1. The molecule has 0 spiro atoms. The molecule has 0 amide bonds. The lowest BCUT2D eigenvalue weighted by molar-refractivity contribution is -0.139. The molecule has 0 bridgehead atoms. The average molecular weight is 176 g/mol. The fourth-order valence-corrected chi connectivity index (χ4v) is 2.50. The molecule has 2 N–H and O–H groups in total. The average Bonchev–Trinajstić information content (AvgIpc) is 2.35. The zero-order valence-corrected chi connectivity index (χ0v) is 7.01. The maximum absolute atomic E-state index is 10.2. The molecule has 3 nitrogen and oxygen atoms in total. The number of hydrogen-bond acceptors (Lipinski definition) is 3. The molecule has 1 saturated heterocycles. The second kappa shape index (κ2) is 3.97. The van der Waals surface area contributed by atoms with Gasteiger partial charge in [-0.05, 0) is 18.6 Å². The van der Waals surface area contributed by atoms with E-state index in [1.807, 2.05) is 0 Å². The van der Waals surface area contributed by atoms with Crippen molar-refractivity contribution in [1.82, 2.24) is 0 Å². The third-order valence-corrected chi connectivity index (χ3v) is 3.28. The van der Waals surface area contributed by atoms with Crippen molar-refractivity contribution in [3.05, 3.63) is 0 Å². The molecule has 1 heterocycles. The molecule has 1 unspecified atom stereocenters. The normalized spacial score (nSPS) is 26.8. The molecule has 0 aliphatic carbocycles. The van der Waals surface area contributed by atoms with Crippen molar-refractivity contribution in [2.45, 2.75) is 30.6 Å². The van der Waals surface area contributed by atoms with Crippen LogP contribution in [-0.2, 0) is 4.79 Å². The summed E-state index contributed by atoms with van der Waals surface area (Å²) in [5.74, 6) is 0.145. The number of carbonyl (C=O) groups is 1. The van der Waals surface area contributed by atoms with Crippen molar-refractivity contribution in [3.8, 4) is 0 Å². The molecule has 1 aliphatic heterocycles. The number of aliphatic hydroxyl groups is 1. The summed E-state index contributed by atoms with van der Waals surface area (Å²) >= 11 is 1.68. The van der Waals surface area contributed by atoms with Crippen molar-refractivity contribution >= 4 is 17.7 Å². The molecule has 0 radical (unpaired) electrons. The number of aliphatic carboxylic acids is 1. The summed E-state index contributed by atoms with van der Waals surface area (Å²) in [4.78, 5) is 10.2. The smallest absolute Gasteiger partial charge is 0.306 e. The predicted molar refractivity (Wildman–Crippen MR) is 43.7 cm³/mol. The van der Waals surface area contributed by atoms with Crippen LogP contribution < -0.4 is 0 Å². The minimum absolute atomic E-state index is 0.113. The summed E-state index contributed by atoms with van der Waals surface area (Å²) in [7, 11) is 0. The van der Waals surface area contributed by atoms with E-state index in [1.54, 1.807) is 11.8 Å².